The number of nitrogens with two attached hydrogens (primary N) is 1. The molecule has 0 spiro atoms. The molecule has 11 heavy (non-hydrogen) atoms. The summed E-state index contributed by atoms with van der Waals surface area (Å²) in [4.78, 5) is 15.1. The van der Waals surface area contributed by atoms with E-state index in [0.29, 0.717) is 4.61 Å². The molecule has 0 aliphatic carbocycles. The minimum Gasteiger partial charge on any atom is -0.480 e. The second-order valence-electron chi connectivity index (χ2n) is 2.06. The van der Waals surface area contributed by atoms with Gasteiger partial charge in [-0.1, -0.05) is 0 Å². The van der Waals surface area contributed by atoms with Crippen LogP contribution in [-0.4, -0.2) is 23.2 Å². The minimum absolute atomic E-state index is 0.596. The fourth-order valence-electron chi connectivity index (χ4n) is 0.654. The molecule has 0 radical (unpaired) electrons. The van der Waals surface area contributed by atoms with E-state index in [1.165, 1.54) is 0 Å². The van der Waals surface area contributed by atoms with Crippen molar-refractivity contribution in [3.63, 3.8) is 0 Å². The highest BCUT2D eigenvalue weighted by molar-refractivity contribution is 9.11. The number of hydrogen-bond acceptors (Lipinski definition) is 4. The van der Waals surface area contributed by atoms with E-state index in [0.717, 1.165) is 0 Å². The van der Waals surface area contributed by atoms with Gasteiger partial charge in [-0.05, 0) is 22.0 Å². The predicted molar refractivity (Wildman–Crippen MR) is 40.6 cm³/mol. The first-order chi connectivity index (χ1) is 5.11. The van der Waals surface area contributed by atoms with Crippen molar-refractivity contribution in [3.05, 3.63) is 10.7 Å². The maximum atomic E-state index is 10.3. The number of hydroxylamine groups is 1. The molecule has 0 aromatic heterocycles. The molecular formula is C5H7BrN2O3. The second kappa shape index (κ2) is 3.21. The summed E-state index contributed by atoms with van der Waals surface area (Å²) in [6.07, 6.45) is 0.945. The molecule has 2 atom stereocenters. The monoisotopic (exact) mass is 222 g/mol. The molecule has 1 aliphatic rings. The lowest BCUT2D eigenvalue weighted by atomic mass is 10.2. The van der Waals surface area contributed by atoms with E-state index in [-0.39, 0.29) is 0 Å². The maximum absolute atomic E-state index is 10.3. The molecular weight excluding hydrogens is 216 g/mol. The fourth-order valence-corrected chi connectivity index (χ4v) is 1.01. The Balaban J connectivity index is 2.56. The number of aliphatic carboxylic acids is 1. The average molecular weight is 223 g/mol. The fraction of sp³-hybridized carbons (Fsp3) is 0.400. The van der Waals surface area contributed by atoms with E-state index in [2.05, 4.69) is 21.4 Å². The summed E-state index contributed by atoms with van der Waals surface area (Å²) in [5.41, 5.74) is 7.69. The second-order valence-corrected chi connectivity index (χ2v) is 2.92. The zero-order valence-electron chi connectivity index (χ0n) is 5.45. The summed E-state index contributed by atoms with van der Waals surface area (Å²) in [7, 11) is 0. The molecule has 62 valence electrons. The molecule has 0 amide bonds. The Morgan fingerprint density at radius 2 is 2.64 bits per heavy atom. The standard InChI is InChI=1S/C5H7BrN2O3/c6-3-1-2(11-8-3)4(7)5(9)10/h1-2,4,8H,7H2,(H,9,10)/t2-,4+/m1/s1. The Kier molecular flexibility index (Phi) is 2.48. The summed E-state index contributed by atoms with van der Waals surface area (Å²) in [5.74, 6) is -1.09. The van der Waals surface area contributed by atoms with Crippen molar-refractivity contribution in [3.8, 4) is 0 Å². The van der Waals surface area contributed by atoms with E-state index >= 15 is 0 Å². The van der Waals surface area contributed by atoms with E-state index < -0.39 is 18.1 Å². The zero-order valence-corrected chi connectivity index (χ0v) is 7.04. The van der Waals surface area contributed by atoms with Crippen molar-refractivity contribution >= 4 is 21.9 Å². The number of carbonyl (C=O) groups is 1. The Bertz CT molecular complexity index is 206. The van der Waals surface area contributed by atoms with Gasteiger partial charge in [0.1, 0.15) is 16.8 Å². The van der Waals surface area contributed by atoms with Crippen molar-refractivity contribution in [2.75, 3.05) is 0 Å². The van der Waals surface area contributed by atoms with Crippen LogP contribution in [0.2, 0.25) is 0 Å². The highest BCUT2D eigenvalue weighted by atomic mass is 79.9. The first kappa shape index (κ1) is 8.51. The first-order valence-corrected chi connectivity index (χ1v) is 3.68. The van der Waals surface area contributed by atoms with Crippen LogP contribution < -0.4 is 11.2 Å². The van der Waals surface area contributed by atoms with Gasteiger partial charge in [-0.15, -0.1) is 0 Å². The summed E-state index contributed by atoms with van der Waals surface area (Å²) in [6, 6.07) is -1.03. The van der Waals surface area contributed by atoms with Gasteiger partial charge in [0.05, 0.1) is 0 Å². The summed E-state index contributed by atoms with van der Waals surface area (Å²) >= 11 is 3.07. The lowest BCUT2D eigenvalue weighted by Crippen LogP contribution is -2.41. The molecule has 0 saturated carbocycles. The maximum Gasteiger partial charge on any atom is 0.323 e. The van der Waals surface area contributed by atoms with Gasteiger partial charge in [0, 0.05) is 0 Å². The first-order valence-electron chi connectivity index (χ1n) is 2.88. The quantitative estimate of drug-likeness (QED) is 0.551. The number of nitrogens with one attached hydrogen (secondary N) is 1. The summed E-state index contributed by atoms with van der Waals surface area (Å²) in [6.45, 7) is 0. The number of hydrogen-bond donors (Lipinski definition) is 3. The van der Waals surface area contributed by atoms with Crippen molar-refractivity contribution in [2.45, 2.75) is 12.1 Å². The zero-order chi connectivity index (χ0) is 8.43. The average Bonchev–Trinajstić information content (AvgIpc) is 2.34. The Hall–Kier alpha value is -0.590. The lowest BCUT2D eigenvalue weighted by molar-refractivity contribution is -0.141. The molecule has 0 bridgehead atoms. The van der Waals surface area contributed by atoms with E-state index in [4.69, 9.17) is 15.7 Å². The van der Waals surface area contributed by atoms with Gasteiger partial charge in [-0.25, -0.2) is 0 Å². The third-order valence-electron chi connectivity index (χ3n) is 1.24. The van der Waals surface area contributed by atoms with Gasteiger partial charge in [-0.2, -0.15) is 0 Å². The van der Waals surface area contributed by atoms with Crippen LogP contribution in [0.3, 0.4) is 0 Å². The van der Waals surface area contributed by atoms with Crippen molar-refractivity contribution in [1.29, 1.82) is 0 Å². The highest BCUT2D eigenvalue weighted by Gasteiger charge is 2.27. The molecule has 4 N–H and O–H groups in total. The van der Waals surface area contributed by atoms with Crippen LogP contribution >= 0.6 is 15.9 Å². The van der Waals surface area contributed by atoms with Crippen LogP contribution in [0.1, 0.15) is 0 Å². The molecule has 0 aromatic carbocycles. The van der Waals surface area contributed by atoms with Gasteiger partial charge in [0.15, 0.2) is 0 Å². The largest absolute Gasteiger partial charge is 0.480 e. The van der Waals surface area contributed by atoms with Gasteiger partial charge >= 0.3 is 5.97 Å². The van der Waals surface area contributed by atoms with Gasteiger partial charge in [0.25, 0.3) is 0 Å². The number of carboxylic acid groups (broad SMARTS) is 1. The van der Waals surface area contributed by atoms with Gasteiger partial charge in [-0.3, -0.25) is 15.1 Å². The van der Waals surface area contributed by atoms with E-state index in [1.54, 1.807) is 6.08 Å². The van der Waals surface area contributed by atoms with Crippen LogP contribution in [0.4, 0.5) is 0 Å². The third-order valence-corrected chi connectivity index (χ3v) is 1.67. The molecule has 1 heterocycles. The van der Waals surface area contributed by atoms with Crippen molar-refractivity contribution in [1.82, 2.24) is 5.48 Å². The molecule has 0 unspecified atom stereocenters. The predicted octanol–water partition coefficient (Wildman–Crippen LogP) is -0.462. The minimum atomic E-state index is -1.09. The lowest BCUT2D eigenvalue weighted by Gasteiger charge is -2.10. The van der Waals surface area contributed by atoms with Crippen molar-refractivity contribution in [2.24, 2.45) is 5.73 Å². The summed E-state index contributed by atoms with van der Waals surface area (Å²) < 4.78 is 0.596. The number of carboxylic acids is 1. The van der Waals surface area contributed by atoms with Gasteiger partial charge < -0.3 is 10.8 Å². The van der Waals surface area contributed by atoms with Crippen LogP contribution in [0, 0.1) is 0 Å². The molecule has 1 aliphatic heterocycles. The van der Waals surface area contributed by atoms with Crippen LogP contribution in [0.25, 0.3) is 0 Å². The van der Waals surface area contributed by atoms with Crippen LogP contribution in [-0.2, 0) is 9.63 Å². The molecule has 1 rings (SSSR count). The van der Waals surface area contributed by atoms with Crippen LogP contribution in [0.15, 0.2) is 10.7 Å². The molecule has 0 saturated heterocycles. The Morgan fingerprint density at radius 3 is 3.00 bits per heavy atom. The highest BCUT2D eigenvalue weighted by Crippen LogP contribution is 2.13. The topological polar surface area (TPSA) is 84.6 Å². The SMILES string of the molecule is N[C@H](C(=O)O)[C@H]1C=C(Br)NO1. The molecule has 0 fully saturated rings. The Labute approximate surface area is 71.3 Å². The molecule has 6 heteroatoms. The van der Waals surface area contributed by atoms with E-state index in [9.17, 15) is 4.79 Å². The Morgan fingerprint density at radius 1 is 2.00 bits per heavy atom. The van der Waals surface area contributed by atoms with Gasteiger partial charge in [0.2, 0.25) is 0 Å². The third kappa shape index (κ3) is 1.92. The molecule has 0 aromatic rings. The summed E-state index contributed by atoms with van der Waals surface area (Å²) in [5, 5.41) is 8.45. The number of rotatable bonds is 2. The smallest absolute Gasteiger partial charge is 0.323 e. The number of halogens is 1. The normalized spacial score (nSPS) is 25.6. The van der Waals surface area contributed by atoms with Crippen molar-refractivity contribution < 1.29 is 14.7 Å². The van der Waals surface area contributed by atoms with E-state index in [1.807, 2.05) is 0 Å². The van der Waals surface area contributed by atoms with Crippen LogP contribution in [0.5, 0.6) is 0 Å². The molecule has 5 nitrogen and oxygen atoms in total.